The SMILES string of the molecule is CNC(c1cncc(OC)c1)C1CC1. The first-order valence-corrected chi connectivity index (χ1v) is 5.01. The Balaban J connectivity index is 2.20. The Kier molecular flexibility index (Phi) is 2.68. The van der Waals surface area contributed by atoms with Crippen molar-refractivity contribution >= 4 is 0 Å². The van der Waals surface area contributed by atoms with Crippen molar-refractivity contribution in [1.29, 1.82) is 0 Å². The molecule has 3 heteroatoms. The van der Waals surface area contributed by atoms with Crippen LogP contribution in [0.5, 0.6) is 5.75 Å². The Hall–Kier alpha value is -1.09. The maximum Gasteiger partial charge on any atom is 0.137 e. The Morgan fingerprint density at radius 1 is 1.50 bits per heavy atom. The number of hydrogen-bond acceptors (Lipinski definition) is 3. The molecule has 1 unspecified atom stereocenters. The van der Waals surface area contributed by atoms with Gasteiger partial charge < -0.3 is 10.1 Å². The lowest BCUT2D eigenvalue weighted by Gasteiger charge is -2.15. The van der Waals surface area contributed by atoms with Gasteiger partial charge in [0, 0.05) is 12.2 Å². The zero-order chi connectivity index (χ0) is 9.97. The van der Waals surface area contributed by atoms with E-state index < -0.39 is 0 Å². The molecule has 0 bridgehead atoms. The highest BCUT2D eigenvalue weighted by atomic mass is 16.5. The quantitative estimate of drug-likeness (QED) is 0.789. The van der Waals surface area contributed by atoms with E-state index in [9.17, 15) is 0 Å². The third kappa shape index (κ3) is 1.87. The topological polar surface area (TPSA) is 34.2 Å². The average molecular weight is 192 g/mol. The summed E-state index contributed by atoms with van der Waals surface area (Å²) in [5.74, 6) is 1.62. The van der Waals surface area contributed by atoms with E-state index >= 15 is 0 Å². The predicted molar refractivity (Wildman–Crippen MR) is 55.3 cm³/mol. The molecule has 1 atom stereocenters. The highest BCUT2D eigenvalue weighted by Gasteiger charge is 2.31. The van der Waals surface area contributed by atoms with E-state index in [-0.39, 0.29) is 0 Å². The molecule has 0 spiro atoms. The summed E-state index contributed by atoms with van der Waals surface area (Å²) in [5, 5.41) is 3.34. The highest BCUT2D eigenvalue weighted by Crippen LogP contribution is 2.40. The monoisotopic (exact) mass is 192 g/mol. The third-order valence-corrected chi connectivity index (χ3v) is 2.73. The second-order valence-corrected chi connectivity index (χ2v) is 3.76. The molecule has 14 heavy (non-hydrogen) atoms. The van der Waals surface area contributed by atoms with E-state index in [4.69, 9.17) is 4.74 Å². The molecular formula is C11H16N2O. The molecule has 1 aliphatic rings. The lowest BCUT2D eigenvalue weighted by molar-refractivity contribution is 0.410. The van der Waals surface area contributed by atoms with Crippen LogP contribution in [-0.2, 0) is 0 Å². The number of hydrogen-bond donors (Lipinski definition) is 1. The molecule has 1 heterocycles. The predicted octanol–water partition coefficient (Wildman–Crippen LogP) is 1.76. The van der Waals surface area contributed by atoms with Gasteiger partial charge in [0.15, 0.2) is 0 Å². The van der Waals surface area contributed by atoms with E-state index in [2.05, 4.69) is 16.4 Å². The molecule has 1 aromatic rings. The molecule has 1 aliphatic carbocycles. The Bertz CT molecular complexity index is 310. The van der Waals surface area contributed by atoms with Gasteiger partial charge in [-0.2, -0.15) is 0 Å². The Labute approximate surface area is 84.5 Å². The van der Waals surface area contributed by atoms with Crippen molar-refractivity contribution in [3.05, 3.63) is 24.0 Å². The van der Waals surface area contributed by atoms with Gasteiger partial charge in [-0.25, -0.2) is 0 Å². The molecule has 1 aromatic heterocycles. The van der Waals surface area contributed by atoms with Crippen molar-refractivity contribution in [1.82, 2.24) is 10.3 Å². The third-order valence-electron chi connectivity index (χ3n) is 2.73. The fourth-order valence-electron chi connectivity index (χ4n) is 1.82. The largest absolute Gasteiger partial charge is 0.495 e. The Morgan fingerprint density at radius 3 is 2.86 bits per heavy atom. The van der Waals surface area contributed by atoms with Crippen LogP contribution in [0.25, 0.3) is 0 Å². The van der Waals surface area contributed by atoms with Gasteiger partial charge in [0.2, 0.25) is 0 Å². The van der Waals surface area contributed by atoms with Gasteiger partial charge in [-0.3, -0.25) is 4.98 Å². The molecule has 0 aliphatic heterocycles. The second-order valence-electron chi connectivity index (χ2n) is 3.76. The summed E-state index contributed by atoms with van der Waals surface area (Å²) in [5.41, 5.74) is 1.23. The smallest absolute Gasteiger partial charge is 0.137 e. The van der Waals surface area contributed by atoms with Crippen molar-refractivity contribution < 1.29 is 4.74 Å². The molecule has 2 rings (SSSR count). The maximum absolute atomic E-state index is 5.16. The second kappa shape index (κ2) is 3.96. The minimum atomic E-state index is 0.442. The summed E-state index contributed by atoms with van der Waals surface area (Å²) in [7, 11) is 3.68. The van der Waals surface area contributed by atoms with Crippen LogP contribution >= 0.6 is 0 Å². The molecule has 1 saturated carbocycles. The summed E-state index contributed by atoms with van der Waals surface area (Å²) in [6, 6.07) is 2.50. The Morgan fingerprint density at radius 2 is 2.29 bits per heavy atom. The van der Waals surface area contributed by atoms with E-state index in [1.54, 1.807) is 13.3 Å². The summed E-state index contributed by atoms with van der Waals surface area (Å²) in [4.78, 5) is 4.17. The van der Waals surface area contributed by atoms with Crippen LogP contribution < -0.4 is 10.1 Å². The van der Waals surface area contributed by atoms with E-state index in [1.165, 1.54) is 18.4 Å². The molecule has 3 nitrogen and oxygen atoms in total. The average Bonchev–Trinajstić information content (AvgIpc) is 3.04. The number of pyridine rings is 1. The maximum atomic E-state index is 5.16. The zero-order valence-electron chi connectivity index (χ0n) is 8.66. The number of nitrogens with zero attached hydrogens (tertiary/aromatic N) is 1. The summed E-state index contributed by atoms with van der Waals surface area (Å²) in [6.45, 7) is 0. The van der Waals surface area contributed by atoms with Crippen LogP contribution in [0.4, 0.5) is 0 Å². The van der Waals surface area contributed by atoms with Gasteiger partial charge in [-0.05, 0) is 37.4 Å². The van der Waals surface area contributed by atoms with Crippen molar-refractivity contribution in [3.8, 4) is 5.75 Å². The van der Waals surface area contributed by atoms with E-state index in [0.717, 1.165) is 11.7 Å². The van der Waals surface area contributed by atoms with Gasteiger partial charge in [0.25, 0.3) is 0 Å². The van der Waals surface area contributed by atoms with E-state index in [1.807, 2.05) is 13.2 Å². The fraction of sp³-hybridized carbons (Fsp3) is 0.545. The number of aromatic nitrogens is 1. The molecule has 0 amide bonds. The normalized spacial score (nSPS) is 17.9. The molecule has 0 aromatic carbocycles. The molecule has 1 N–H and O–H groups in total. The van der Waals surface area contributed by atoms with Crippen molar-refractivity contribution in [2.24, 2.45) is 5.92 Å². The van der Waals surface area contributed by atoms with Crippen molar-refractivity contribution in [2.75, 3.05) is 14.2 Å². The molecule has 1 fully saturated rings. The van der Waals surface area contributed by atoms with Crippen LogP contribution in [0.3, 0.4) is 0 Å². The van der Waals surface area contributed by atoms with Gasteiger partial charge in [0.05, 0.1) is 13.3 Å². The summed E-state index contributed by atoms with van der Waals surface area (Å²) in [6.07, 6.45) is 6.30. The first-order chi connectivity index (χ1) is 6.85. The fourth-order valence-corrected chi connectivity index (χ4v) is 1.82. The van der Waals surface area contributed by atoms with Crippen LogP contribution in [0.15, 0.2) is 18.5 Å². The van der Waals surface area contributed by atoms with Crippen molar-refractivity contribution in [3.63, 3.8) is 0 Å². The lowest BCUT2D eigenvalue weighted by Crippen LogP contribution is -2.18. The molecular weight excluding hydrogens is 176 g/mol. The summed E-state index contributed by atoms with van der Waals surface area (Å²) >= 11 is 0. The van der Waals surface area contributed by atoms with Gasteiger partial charge in [-0.1, -0.05) is 0 Å². The van der Waals surface area contributed by atoms with Gasteiger partial charge in [0.1, 0.15) is 5.75 Å². The molecule has 0 radical (unpaired) electrons. The number of rotatable bonds is 4. The first kappa shape index (κ1) is 9.46. The number of ether oxygens (including phenoxy) is 1. The van der Waals surface area contributed by atoms with Crippen LogP contribution in [0.1, 0.15) is 24.4 Å². The van der Waals surface area contributed by atoms with Crippen LogP contribution in [0.2, 0.25) is 0 Å². The summed E-state index contributed by atoms with van der Waals surface area (Å²) < 4.78 is 5.16. The minimum Gasteiger partial charge on any atom is -0.495 e. The highest BCUT2D eigenvalue weighted by molar-refractivity contribution is 5.27. The van der Waals surface area contributed by atoms with E-state index in [0.29, 0.717) is 6.04 Å². The van der Waals surface area contributed by atoms with Crippen LogP contribution in [-0.4, -0.2) is 19.1 Å². The minimum absolute atomic E-state index is 0.442. The van der Waals surface area contributed by atoms with Crippen molar-refractivity contribution in [2.45, 2.75) is 18.9 Å². The molecule has 0 saturated heterocycles. The van der Waals surface area contributed by atoms with Gasteiger partial charge >= 0.3 is 0 Å². The first-order valence-electron chi connectivity index (χ1n) is 5.01. The zero-order valence-corrected chi connectivity index (χ0v) is 8.66. The number of nitrogens with one attached hydrogen (secondary N) is 1. The lowest BCUT2D eigenvalue weighted by atomic mass is 10.0. The molecule has 76 valence electrons. The van der Waals surface area contributed by atoms with Crippen LogP contribution in [0, 0.1) is 5.92 Å². The van der Waals surface area contributed by atoms with Gasteiger partial charge in [-0.15, -0.1) is 0 Å². The standard InChI is InChI=1S/C11H16N2O/c1-12-11(8-3-4-8)9-5-10(14-2)7-13-6-9/h5-8,11-12H,3-4H2,1-2H3. The number of methoxy groups -OCH3 is 1.